The van der Waals surface area contributed by atoms with Gasteiger partial charge in [-0.1, -0.05) is 0 Å². The third-order valence-corrected chi connectivity index (χ3v) is 2.27. The lowest BCUT2D eigenvalue weighted by atomic mass is 10.0. The van der Waals surface area contributed by atoms with Crippen molar-refractivity contribution in [3.63, 3.8) is 0 Å². The summed E-state index contributed by atoms with van der Waals surface area (Å²) in [7, 11) is 0. The van der Waals surface area contributed by atoms with Crippen LogP contribution in [0.5, 0.6) is 11.5 Å². The van der Waals surface area contributed by atoms with Gasteiger partial charge in [0, 0.05) is 6.04 Å². The number of fused-ring (bicyclic) bond motifs is 1. The molecule has 16 heavy (non-hydrogen) atoms. The summed E-state index contributed by atoms with van der Waals surface area (Å²) >= 11 is 0. The lowest BCUT2D eigenvalue weighted by Gasteiger charge is -2.10. The molecule has 0 aliphatic carbocycles. The summed E-state index contributed by atoms with van der Waals surface area (Å²) in [5.41, 5.74) is 5.99. The van der Waals surface area contributed by atoms with E-state index in [-0.39, 0.29) is 24.7 Å². The molecule has 5 nitrogen and oxygen atoms in total. The molecule has 1 aromatic rings. The highest BCUT2D eigenvalue weighted by Crippen LogP contribution is 2.37. The van der Waals surface area contributed by atoms with Gasteiger partial charge in [0.2, 0.25) is 12.5 Å². The van der Waals surface area contributed by atoms with Crippen molar-refractivity contribution in [1.29, 1.82) is 0 Å². The molecule has 2 rings (SSSR count). The number of hydrogen-bond donors (Lipinski definition) is 2. The predicted octanol–water partition coefficient (Wildman–Crippen LogP) is 1.03. The van der Waals surface area contributed by atoms with Crippen molar-refractivity contribution < 1.29 is 23.8 Å². The highest BCUT2D eigenvalue weighted by molar-refractivity contribution is 5.68. The van der Waals surface area contributed by atoms with Crippen LogP contribution < -0.4 is 15.2 Å². The summed E-state index contributed by atoms with van der Waals surface area (Å²) < 4.78 is 23.3. The lowest BCUT2D eigenvalue weighted by Crippen LogP contribution is -2.15. The monoisotopic (exact) mass is 227 g/mol. The van der Waals surface area contributed by atoms with Crippen LogP contribution in [0.3, 0.4) is 0 Å². The van der Waals surface area contributed by atoms with E-state index >= 15 is 0 Å². The number of carbonyl (C=O) groups is 1. The van der Waals surface area contributed by atoms with Crippen LogP contribution in [0.2, 0.25) is 0 Å². The molecule has 0 saturated carbocycles. The Labute approximate surface area is 90.6 Å². The minimum Gasteiger partial charge on any atom is -0.481 e. The van der Waals surface area contributed by atoms with Gasteiger partial charge < -0.3 is 20.3 Å². The molecule has 1 aromatic carbocycles. The first-order valence-electron chi connectivity index (χ1n) is 4.64. The number of carboxylic acids is 1. The van der Waals surface area contributed by atoms with E-state index in [2.05, 4.69) is 0 Å². The highest BCUT2D eigenvalue weighted by Gasteiger charge is 2.22. The van der Waals surface area contributed by atoms with Gasteiger partial charge in [0.15, 0.2) is 11.6 Å². The van der Waals surface area contributed by atoms with Crippen molar-refractivity contribution in [2.24, 2.45) is 5.73 Å². The third-order valence-electron chi connectivity index (χ3n) is 2.27. The van der Waals surface area contributed by atoms with Gasteiger partial charge in [0.25, 0.3) is 0 Å². The largest absolute Gasteiger partial charge is 0.481 e. The summed E-state index contributed by atoms with van der Waals surface area (Å²) in [6, 6.07) is 1.90. The molecular formula is C10H10FNO4. The first-order chi connectivity index (χ1) is 7.58. The van der Waals surface area contributed by atoms with Gasteiger partial charge in [0.05, 0.1) is 6.42 Å². The summed E-state index contributed by atoms with van der Waals surface area (Å²) in [6.45, 7) is -0.0378. The second kappa shape index (κ2) is 3.97. The maximum absolute atomic E-state index is 13.4. The van der Waals surface area contributed by atoms with Gasteiger partial charge >= 0.3 is 5.97 Å². The van der Waals surface area contributed by atoms with Crippen LogP contribution >= 0.6 is 0 Å². The molecule has 1 heterocycles. The number of benzene rings is 1. The van der Waals surface area contributed by atoms with E-state index in [1.165, 1.54) is 12.1 Å². The van der Waals surface area contributed by atoms with Crippen LogP contribution in [0.25, 0.3) is 0 Å². The van der Waals surface area contributed by atoms with Gasteiger partial charge in [-0.3, -0.25) is 4.79 Å². The van der Waals surface area contributed by atoms with Gasteiger partial charge in [-0.25, -0.2) is 4.39 Å². The average Bonchev–Trinajstić information content (AvgIpc) is 2.64. The fraction of sp³-hybridized carbons (Fsp3) is 0.300. The Morgan fingerprint density at radius 3 is 3.00 bits per heavy atom. The number of nitrogens with two attached hydrogens (primary N) is 1. The average molecular weight is 227 g/mol. The molecule has 0 aromatic heterocycles. The Kier molecular flexibility index (Phi) is 2.66. The van der Waals surface area contributed by atoms with E-state index < -0.39 is 17.8 Å². The number of aliphatic carboxylic acids is 1. The smallest absolute Gasteiger partial charge is 0.305 e. The molecule has 1 aliphatic heterocycles. The maximum atomic E-state index is 13.4. The number of halogens is 1. The van der Waals surface area contributed by atoms with Crippen LogP contribution in [0.1, 0.15) is 18.0 Å². The topological polar surface area (TPSA) is 81.8 Å². The zero-order valence-electron chi connectivity index (χ0n) is 8.27. The van der Waals surface area contributed by atoms with Crippen LogP contribution in [0, 0.1) is 5.82 Å². The molecule has 1 atom stereocenters. The van der Waals surface area contributed by atoms with Crippen LogP contribution in [0.15, 0.2) is 12.1 Å². The fourth-order valence-electron chi connectivity index (χ4n) is 1.51. The number of hydrogen-bond acceptors (Lipinski definition) is 4. The van der Waals surface area contributed by atoms with E-state index in [1.807, 2.05) is 0 Å². The molecule has 3 N–H and O–H groups in total. The first-order valence-corrected chi connectivity index (χ1v) is 4.64. The maximum Gasteiger partial charge on any atom is 0.305 e. The quantitative estimate of drug-likeness (QED) is 0.805. The number of carboxylic acid groups (broad SMARTS) is 1. The molecule has 0 spiro atoms. The Balaban J connectivity index is 2.29. The summed E-state index contributed by atoms with van der Waals surface area (Å²) in [6.07, 6.45) is -0.265. The Morgan fingerprint density at radius 1 is 1.56 bits per heavy atom. The summed E-state index contributed by atoms with van der Waals surface area (Å²) in [5.74, 6) is -1.32. The summed E-state index contributed by atoms with van der Waals surface area (Å²) in [4.78, 5) is 10.5. The van der Waals surface area contributed by atoms with E-state index in [0.717, 1.165) is 0 Å². The van der Waals surface area contributed by atoms with Crippen molar-refractivity contribution in [1.82, 2.24) is 0 Å². The highest BCUT2D eigenvalue weighted by atomic mass is 19.1. The molecule has 1 unspecified atom stereocenters. The minimum absolute atomic E-state index is 0.0378. The van der Waals surface area contributed by atoms with E-state index in [4.69, 9.17) is 20.3 Å². The van der Waals surface area contributed by atoms with Crippen molar-refractivity contribution in [3.05, 3.63) is 23.5 Å². The zero-order chi connectivity index (χ0) is 11.7. The van der Waals surface area contributed by atoms with Gasteiger partial charge in [-0.2, -0.15) is 0 Å². The fourth-order valence-corrected chi connectivity index (χ4v) is 1.51. The summed E-state index contributed by atoms with van der Waals surface area (Å²) in [5, 5.41) is 8.58. The second-order valence-electron chi connectivity index (χ2n) is 3.44. The van der Waals surface area contributed by atoms with Gasteiger partial charge in [-0.15, -0.1) is 0 Å². The lowest BCUT2D eigenvalue weighted by molar-refractivity contribution is -0.137. The van der Waals surface area contributed by atoms with E-state index in [0.29, 0.717) is 5.56 Å². The number of ether oxygens (including phenoxy) is 2. The van der Waals surface area contributed by atoms with E-state index in [9.17, 15) is 9.18 Å². The number of rotatable bonds is 3. The molecule has 0 bridgehead atoms. The first kappa shape index (κ1) is 10.7. The Morgan fingerprint density at radius 2 is 2.31 bits per heavy atom. The Hall–Kier alpha value is -1.82. The van der Waals surface area contributed by atoms with Crippen LogP contribution in [-0.2, 0) is 4.79 Å². The molecule has 0 saturated heterocycles. The molecule has 0 amide bonds. The molecule has 86 valence electrons. The van der Waals surface area contributed by atoms with E-state index in [1.54, 1.807) is 0 Å². The Bertz CT molecular complexity index is 435. The molecule has 0 fully saturated rings. The van der Waals surface area contributed by atoms with Gasteiger partial charge in [0.1, 0.15) is 0 Å². The van der Waals surface area contributed by atoms with Crippen LogP contribution in [-0.4, -0.2) is 17.9 Å². The molecular weight excluding hydrogens is 217 g/mol. The SMILES string of the molecule is NC(CC(=O)O)c1cc(F)c2c(c1)OCO2. The molecule has 6 heteroatoms. The van der Waals surface area contributed by atoms with Crippen molar-refractivity contribution in [2.75, 3.05) is 6.79 Å². The minimum atomic E-state index is -1.04. The van der Waals surface area contributed by atoms with Crippen LogP contribution in [0.4, 0.5) is 4.39 Å². The van der Waals surface area contributed by atoms with Crippen molar-refractivity contribution in [2.45, 2.75) is 12.5 Å². The molecule has 1 aliphatic rings. The van der Waals surface area contributed by atoms with Crippen molar-refractivity contribution >= 4 is 5.97 Å². The standard InChI is InChI=1S/C10H10FNO4/c11-6-1-5(7(12)3-9(13)14)2-8-10(6)16-4-15-8/h1-2,7H,3-4,12H2,(H,13,14). The second-order valence-corrected chi connectivity index (χ2v) is 3.44. The molecule has 0 radical (unpaired) electrons. The normalized spacial score (nSPS) is 14.9. The van der Waals surface area contributed by atoms with Gasteiger partial charge in [-0.05, 0) is 17.7 Å². The third kappa shape index (κ3) is 1.92. The zero-order valence-corrected chi connectivity index (χ0v) is 8.27. The van der Waals surface area contributed by atoms with Crippen molar-refractivity contribution in [3.8, 4) is 11.5 Å². The predicted molar refractivity (Wildman–Crippen MR) is 51.7 cm³/mol.